The lowest BCUT2D eigenvalue weighted by molar-refractivity contribution is -0.142. The first kappa shape index (κ1) is 22.5. The highest BCUT2D eigenvalue weighted by molar-refractivity contribution is 5.70. The zero-order valence-electron chi connectivity index (χ0n) is 17.0. The van der Waals surface area contributed by atoms with E-state index in [1.54, 1.807) is 0 Å². The molecule has 0 saturated heterocycles. The highest BCUT2D eigenvalue weighted by Gasteiger charge is 2.19. The zero-order chi connectivity index (χ0) is 19.4. The maximum Gasteiger partial charge on any atom is 0.306 e. The molecule has 1 atom stereocenters. The van der Waals surface area contributed by atoms with Crippen molar-refractivity contribution < 1.29 is 15.0 Å². The van der Waals surface area contributed by atoms with Gasteiger partial charge in [0.1, 0.15) is 5.75 Å². The number of carbonyl (C=O) groups is 1. The van der Waals surface area contributed by atoms with Crippen LogP contribution < -0.4 is 0 Å². The Morgan fingerprint density at radius 3 is 1.85 bits per heavy atom. The lowest BCUT2D eigenvalue weighted by Gasteiger charge is -2.15. The van der Waals surface area contributed by atoms with E-state index in [1.807, 2.05) is 26.0 Å². The number of carboxylic acids is 1. The van der Waals surface area contributed by atoms with Crippen LogP contribution in [0.5, 0.6) is 5.75 Å². The van der Waals surface area contributed by atoms with Crippen LogP contribution >= 0.6 is 0 Å². The number of aryl methyl sites for hydroxylation is 2. The summed E-state index contributed by atoms with van der Waals surface area (Å²) in [5, 5.41) is 19.8. The standard InChI is InChI=1S/C23H38O3/c1-4-7-8-9-10-11-12-13-14-21(23(25)26)17-18-15-19(5-2)22(24)20(6-3)16-18/h15-16,21,24H,4-14,17H2,1-3H3,(H,25,26). The molecular formula is C23H38O3. The van der Waals surface area contributed by atoms with Gasteiger partial charge in [-0.2, -0.15) is 0 Å². The van der Waals surface area contributed by atoms with Gasteiger partial charge in [0, 0.05) is 0 Å². The first-order valence-electron chi connectivity index (χ1n) is 10.6. The average molecular weight is 363 g/mol. The maximum atomic E-state index is 11.7. The number of carboxylic acid groups (broad SMARTS) is 1. The monoisotopic (exact) mass is 362 g/mol. The van der Waals surface area contributed by atoms with Crippen molar-refractivity contribution in [3.05, 3.63) is 28.8 Å². The third kappa shape index (κ3) is 7.80. The second-order valence-corrected chi connectivity index (χ2v) is 7.47. The van der Waals surface area contributed by atoms with Gasteiger partial charge < -0.3 is 10.2 Å². The Morgan fingerprint density at radius 1 is 0.885 bits per heavy atom. The largest absolute Gasteiger partial charge is 0.507 e. The first-order valence-corrected chi connectivity index (χ1v) is 10.6. The second kappa shape index (κ2) is 12.8. The first-order chi connectivity index (χ1) is 12.5. The molecule has 1 rings (SSSR count). The van der Waals surface area contributed by atoms with Gasteiger partial charge in [-0.1, -0.05) is 84.3 Å². The van der Waals surface area contributed by atoms with Gasteiger partial charge >= 0.3 is 5.97 Å². The van der Waals surface area contributed by atoms with Crippen molar-refractivity contribution >= 4 is 5.97 Å². The smallest absolute Gasteiger partial charge is 0.306 e. The van der Waals surface area contributed by atoms with Crippen LogP contribution in [0.4, 0.5) is 0 Å². The fourth-order valence-corrected chi connectivity index (χ4v) is 3.61. The molecule has 0 saturated carbocycles. The van der Waals surface area contributed by atoms with E-state index in [-0.39, 0.29) is 5.92 Å². The van der Waals surface area contributed by atoms with E-state index in [9.17, 15) is 15.0 Å². The van der Waals surface area contributed by atoms with Crippen molar-refractivity contribution in [1.29, 1.82) is 0 Å². The van der Waals surface area contributed by atoms with Gasteiger partial charge in [-0.25, -0.2) is 0 Å². The fraction of sp³-hybridized carbons (Fsp3) is 0.696. The molecule has 3 heteroatoms. The predicted octanol–water partition coefficient (Wildman–Crippen LogP) is 6.29. The molecule has 148 valence electrons. The van der Waals surface area contributed by atoms with Crippen LogP contribution in [-0.2, 0) is 24.1 Å². The lowest BCUT2D eigenvalue weighted by atomic mass is 9.90. The van der Waals surface area contributed by atoms with Crippen LogP contribution in [-0.4, -0.2) is 16.2 Å². The molecule has 0 radical (unpaired) electrons. The molecule has 1 aromatic carbocycles. The van der Waals surface area contributed by atoms with Crippen molar-refractivity contribution in [2.24, 2.45) is 5.92 Å². The highest BCUT2D eigenvalue weighted by Crippen LogP contribution is 2.28. The summed E-state index contributed by atoms with van der Waals surface area (Å²) in [7, 11) is 0. The maximum absolute atomic E-state index is 11.7. The summed E-state index contributed by atoms with van der Waals surface area (Å²) in [6, 6.07) is 3.97. The van der Waals surface area contributed by atoms with E-state index in [4.69, 9.17) is 0 Å². The number of aromatic hydroxyl groups is 1. The van der Waals surface area contributed by atoms with Crippen LogP contribution in [0, 0.1) is 5.92 Å². The van der Waals surface area contributed by atoms with E-state index in [1.165, 1.54) is 38.5 Å². The minimum absolute atomic E-state index is 0.325. The minimum atomic E-state index is -0.697. The number of rotatable bonds is 14. The number of aliphatic carboxylic acids is 1. The summed E-state index contributed by atoms with van der Waals surface area (Å²) in [6.45, 7) is 6.27. The number of benzene rings is 1. The van der Waals surface area contributed by atoms with Crippen LogP contribution in [0.1, 0.15) is 95.2 Å². The van der Waals surface area contributed by atoms with Gasteiger partial charge in [0.25, 0.3) is 0 Å². The van der Waals surface area contributed by atoms with Gasteiger partial charge in [-0.05, 0) is 42.4 Å². The summed E-state index contributed by atoms with van der Waals surface area (Å²) in [6.07, 6.45) is 12.7. The number of phenols is 1. The summed E-state index contributed by atoms with van der Waals surface area (Å²) in [5.41, 5.74) is 2.90. The van der Waals surface area contributed by atoms with Crippen LogP contribution in [0.25, 0.3) is 0 Å². The van der Waals surface area contributed by atoms with Crippen molar-refractivity contribution in [2.75, 3.05) is 0 Å². The van der Waals surface area contributed by atoms with Crippen molar-refractivity contribution in [2.45, 2.75) is 97.8 Å². The number of hydrogen-bond acceptors (Lipinski definition) is 2. The second-order valence-electron chi connectivity index (χ2n) is 7.47. The SMILES string of the molecule is CCCCCCCCCCC(Cc1cc(CC)c(O)c(CC)c1)C(=O)O. The topological polar surface area (TPSA) is 57.5 Å². The van der Waals surface area contributed by atoms with Gasteiger partial charge in [0.15, 0.2) is 0 Å². The number of hydrogen-bond donors (Lipinski definition) is 2. The van der Waals surface area contributed by atoms with Gasteiger partial charge in [-0.15, -0.1) is 0 Å². The molecule has 0 aliphatic rings. The molecule has 0 aliphatic carbocycles. The molecule has 0 heterocycles. The molecule has 0 aliphatic heterocycles. The Labute approximate surface area is 159 Å². The Balaban J connectivity index is 2.52. The van der Waals surface area contributed by atoms with E-state index < -0.39 is 5.97 Å². The molecular weight excluding hydrogens is 324 g/mol. The molecule has 1 aromatic rings. The lowest BCUT2D eigenvalue weighted by Crippen LogP contribution is -2.16. The Kier molecular flexibility index (Phi) is 11.1. The van der Waals surface area contributed by atoms with Crippen LogP contribution in [0.15, 0.2) is 12.1 Å². The highest BCUT2D eigenvalue weighted by atomic mass is 16.4. The Hall–Kier alpha value is -1.51. The molecule has 26 heavy (non-hydrogen) atoms. The number of unbranched alkanes of at least 4 members (excludes halogenated alkanes) is 7. The summed E-state index contributed by atoms with van der Waals surface area (Å²) >= 11 is 0. The molecule has 2 N–H and O–H groups in total. The predicted molar refractivity (Wildman–Crippen MR) is 109 cm³/mol. The van der Waals surface area contributed by atoms with E-state index in [0.29, 0.717) is 12.2 Å². The third-order valence-electron chi connectivity index (χ3n) is 5.33. The van der Waals surface area contributed by atoms with Crippen molar-refractivity contribution in [3.63, 3.8) is 0 Å². The van der Waals surface area contributed by atoms with Crippen LogP contribution in [0.3, 0.4) is 0 Å². The molecule has 3 nitrogen and oxygen atoms in total. The number of phenolic OH excluding ortho intramolecular Hbond substituents is 1. The summed E-state index contributed by atoms with van der Waals surface area (Å²) in [4.78, 5) is 11.7. The Bertz CT molecular complexity index is 511. The average Bonchev–Trinajstić information content (AvgIpc) is 2.63. The van der Waals surface area contributed by atoms with Gasteiger partial charge in [0.05, 0.1) is 5.92 Å². The quantitative estimate of drug-likeness (QED) is 0.382. The van der Waals surface area contributed by atoms with Crippen molar-refractivity contribution in [3.8, 4) is 5.75 Å². The summed E-state index contributed by atoms with van der Waals surface area (Å²) in [5.74, 6) is -0.639. The third-order valence-corrected chi connectivity index (χ3v) is 5.33. The molecule has 0 fully saturated rings. The van der Waals surface area contributed by atoms with Gasteiger partial charge in [-0.3, -0.25) is 4.79 Å². The summed E-state index contributed by atoms with van der Waals surface area (Å²) < 4.78 is 0. The zero-order valence-corrected chi connectivity index (χ0v) is 17.0. The Morgan fingerprint density at radius 2 is 1.38 bits per heavy atom. The normalized spacial score (nSPS) is 12.3. The van der Waals surface area contributed by atoms with Crippen molar-refractivity contribution in [1.82, 2.24) is 0 Å². The van der Waals surface area contributed by atoms with E-state index in [2.05, 4.69) is 6.92 Å². The van der Waals surface area contributed by atoms with E-state index in [0.717, 1.165) is 48.8 Å². The molecule has 0 spiro atoms. The van der Waals surface area contributed by atoms with Gasteiger partial charge in [0.2, 0.25) is 0 Å². The molecule has 0 aromatic heterocycles. The molecule has 0 bridgehead atoms. The fourth-order valence-electron chi connectivity index (χ4n) is 3.61. The van der Waals surface area contributed by atoms with Crippen LogP contribution in [0.2, 0.25) is 0 Å². The molecule has 1 unspecified atom stereocenters. The van der Waals surface area contributed by atoms with E-state index >= 15 is 0 Å². The molecule has 0 amide bonds. The minimum Gasteiger partial charge on any atom is -0.507 e.